The van der Waals surface area contributed by atoms with Gasteiger partial charge in [-0.05, 0) is 37.2 Å². The lowest BCUT2D eigenvalue weighted by atomic mass is 9.80. The Balaban J connectivity index is 2.02. The fraction of sp³-hybridized carbons (Fsp3) is 0.615. The zero-order chi connectivity index (χ0) is 11.5. The van der Waals surface area contributed by atoms with Crippen molar-refractivity contribution in [2.24, 2.45) is 11.8 Å². The van der Waals surface area contributed by atoms with Crippen LogP contribution in [-0.2, 0) is 0 Å². The molecule has 1 saturated carbocycles. The van der Waals surface area contributed by atoms with Crippen LogP contribution < -0.4 is 5.32 Å². The van der Waals surface area contributed by atoms with E-state index in [1.165, 1.54) is 19.3 Å². The molecule has 0 aromatic carbocycles. The Morgan fingerprint density at radius 3 is 2.88 bits per heavy atom. The second-order valence-corrected chi connectivity index (χ2v) is 5.41. The Labute approximate surface area is 102 Å². The molecule has 0 aliphatic heterocycles. The number of nitrogens with zero attached hydrogens (tertiary/aromatic N) is 1. The highest BCUT2D eigenvalue weighted by Crippen LogP contribution is 2.32. The van der Waals surface area contributed by atoms with Crippen LogP contribution in [0.2, 0.25) is 5.02 Å². The second-order valence-electron chi connectivity index (χ2n) is 5.00. The van der Waals surface area contributed by atoms with Gasteiger partial charge in [-0.2, -0.15) is 0 Å². The molecule has 1 heterocycles. The highest BCUT2D eigenvalue weighted by atomic mass is 35.5. The van der Waals surface area contributed by atoms with Crippen molar-refractivity contribution in [3.63, 3.8) is 0 Å². The molecule has 0 saturated heterocycles. The normalized spacial score (nSPS) is 30.1. The van der Waals surface area contributed by atoms with Crippen LogP contribution in [-0.4, -0.2) is 11.0 Å². The molecule has 1 aliphatic rings. The number of aromatic nitrogens is 1. The molecule has 3 heteroatoms. The molecule has 0 radical (unpaired) electrons. The largest absolute Gasteiger partial charge is 0.380 e. The lowest BCUT2D eigenvalue weighted by Crippen LogP contribution is -2.33. The first kappa shape index (κ1) is 11.7. The zero-order valence-corrected chi connectivity index (χ0v) is 10.7. The van der Waals surface area contributed by atoms with Gasteiger partial charge in [0.1, 0.15) is 0 Å². The third-order valence-electron chi connectivity index (χ3n) is 3.54. The Kier molecular flexibility index (Phi) is 3.70. The SMILES string of the molecule is CC1CCC(Nc2cnccc2Cl)C(C)C1. The lowest BCUT2D eigenvalue weighted by Gasteiger charge is -2.33. The van der Waals surface area contributed by atoms with E-state index in [0.717, 1.165) is 16.6 Å². The van der Waals surface area contributed by atoms with Gasteiger partial charge in [0.25, 0.3) is 0 Å². The Hall–Kier alpha value is -0.760. The van der Waals surface area contributed by atoms with Crippen molar-refractivity contribution in [2.45, 2.75) is 39.2 Å². The first-order chi connectivity index (χ1) is 7.66. The standard InChI is InChI=1S/C13H19ClN2/c1-9-3-4-12(10(2)7-9)16-13-8-15-6-5-11(13)14/h5-6,8-10,12,16H,3-4,7H2,1-2H3. The molecule has 0 bridgehead atoms. The van der Waals surface area contributed by atoms with E-state index in [4.69, 9.17) is 11.6 Å². The van der Waals surface area contributed by atoms with E-state index in [0.29, 0.717) is 12.0 Å². The Bertz CT molecular complexity index is 354. The molecule has 1 aliphatic carbocycles. The van der Waals surface area contributed by atoms with Crippen LogP contribution >= 0.6 is 11.6 Å². The summed E-state index contributed by atoms with van der Waals surface area (Å²) in [6.45, 7) is 4.65. The molecular weight excluding hydrogens is 220 g/mol. The second kappa shape index (κ2) is 5.05. The highest BCUT2D eigenvalue weighted by Gasteiger charge is 2.25. The first-order valence-corrected chi connectivity index (χ1v) is 6.40. The van der Waals surface area contributed by atoms with Crippen LogP contribution in [0.4, 0.5) is 5.69 Å². The molecular formula is C13H19ClN2. The van der Waals surface area contributed by atoms with Crippen molar-refractivity contribution in [3.8, 4) is 0 Å². The Morgan fingerprint density at radius 2 is 2.19 bits per heavy atom. The van der Waals surface area contributed by atoms with E-state index in [2.05, 4.69) is 24.1 Å². The molecule has 1 aromatic rings. The summed E-state index contributed by atoms with van der Waals surface area (Å²) in [7, 11) is 0. The number of pyridine rings is 1. The van der Waals surface area contributed by atoms with Crippen molar-refractivity contribution in [3.05, 3.63) is 23.5 Å². The van der Waals surface area contributed by atoms with E-state index >= 15 is 0 Å². The third kappa shape index (κ3) is 2.67. The fourth-order valence-electron chi connectivity index (χ4n) is 2.56. The molecule has 1 aromatic heterocycles. The van der Waals surface area contributed by atoms with Gasteiger partial charge in [0, 0.05) is 12.2 Å². The van der Waals surface area contributed by atoms with Crippen LogP contribution in [0.25, 0.3) is 0 Å². The molecule has 1 fully saturated rings. The summed E-state index contributed by atoms with van der Waals surface area (Å²) in [6.07, 6.45) is 7.37. The van der Waals surface area contributed by atoms with E-state index in [1.807, 2.05) is 12.3 Å². The van der Waals surface area contributed by atoms with Crippen LogP contribution in [0.15, 0.2) is 18.5 Å². The summed E-state index contributed by atoms with van der Waals surface area (Å²) in [5.74, 6) is 1.57. The maximum absolute atomic E-state index is 6.12. The van der Waals surface area contributed by atoms with Gasteiger partial charge in [-0.3, -0.25) is 4.98 Å². The Morgan fingerprint density at radius 1 is 1.38 bits per heavy atom. The highest BCUT2D eigenvalue weighted by molar-refractivity contribution is 6.33. The van der Waals surface area contributed by atoms with Crippen molar-refractivity contribution in [1.29, 1.82) is 0 Å². The zero-order valence-electron chi connectivity index (χ0n) is 9.91. The number of anilines is 1. The molecule has 0 amide bonds. The van der Waals surface area contributed by atoms with Gasteiger partial charge in [0.2, 0.25) is 0 Å². The molecule has 2 nitrogen and oxygen atoms in total. The number of hydrogen-bond donors (Lipinski definition) is 1. The van der Waals surface area contributed by atoms with E-state index in [-0.39, 0.29) is 0 Å². The van der Waals surface area contributed by atoms with Crippen molar-refractivity contribution in [2.75, 3.05) is 5.32 Å². The molecule has 3 unspecified atom stereocenters. The summed E-state index contributed by atoms with van der Waals surface area (Å²) in [4.78, 5) is 4.10. The molecule has 88 valence electrons. The minimum Gasteiger partial charge on any atom is -0.380 e. The quantitative estimate of drug-likeness (QED) is 0.843. The summed E-state index contributed by atoms with van der Waals surface area (Å²) < 4.78 is 0. The van der Waals surface area contributed by atoms with Gasteiger partial charge >= 0.3 is 0 Å². The summed E-state index contributed by atoms with van der Waals surface area (Å²) in [6, 6.07) is 2.37. The van der Waals surface area contributed by atoms with Gasteiger partial charge in [-0.15, -0.1) is 0 Å². The predicted octanol–water partition coefficient (Wildman–Crippen LogP) is 3.97. The summed E-state index contributed by atoms with van der Waals surface area (Å²) in [5.41, 5.74) is 0.968. The van der Waals surface area contributed by atoms with Gasteiger partial charge in [0.15, 0.2) is 0 Å². The minimum atomic E-state index is 0.540. The number of rotatable bonds is 2. The maximum Gasteiger partial charge on any atom is 0.0718 e. The van der Waals surface area contributed by atoms with Crippen LogP contribution in [0.3, 0.4) is 0 Å². The monoisotopic (exact) mass is 238 g/mol. The molecule has 0 spiro atoms. The average Bonchev–Trinajstić information content (AvgIpc) is 2.25. The first-order valence-electron chi connectivity index (χ1n) is 6.03. The van der Waals surface area contributed by atoms with Crippen LogP contribution in [0, 0.1) is 11.8 Å². The topological polar surface area (TPSA) is 24.9 Å². The van der Waals surface area contributed by atoms with Crippen LogP contribution in [0.1, 0.15) is 33.1 Å². The number of halogens is 1. The smallest absolute Gasteiger partial charge is 0.0718 e. The fourth-order valence-corrected chi connectivity index (χ4v) is 2.72. The van der Waals surface area contributed by atoms with Crippen LogP contribution in [0.5, 0.6) is 0 Å². The average molecular weight is 239 g/mol. The molecule has 1 N–H and O–H groups in total. The van der Waals surface area contributed by atoms with Crippen molar-refractivity contribution in [1.82, 2.24) is 4.98 Å². The van der Waals surface area contributed by atoms with Crippen molar-refractivity contribution >= 4 is 17.3 Å². The van der Waals surface area contributed by atoms with E-state index < -0.39 is 0 Å². The van der Waals surface area contributed by atoms with Crippen molar-refractivity contribution < 1.29 is 0 Å². The van der Waals surface area contributed by atoms with E-state index in [9.17, 15) is 0 Å². The number of hydrogen-bond acceptors (Lipinski definition) is 2. The molecule has 2 rings (SSSR count). The minimum absolute atomic E-state index is 0.540. The third-order valence-corrected chi connectivity index (χ3v) is 3.87. The maximum atomic E-state index is 6.12. The van der Waals surface area contributed by atoms with Gasteiger partial charge in [-0.1, -0.05) is 25.4 Å². The number of nitrogens with one attached hydrogen (secondary N) is 1. The van der Waals surface area contributed by atoms with Gasteiger partial charge < -0.3 is 5.32 Å². The van der Waals surface area contributed by atoms with E-state index in [1.54, 1.807) is 6.20 Å². The summed E-state index contributed by atoms with van der Waals surface area (Å²) in [5, 5.41) is 4.29. The molecule has 16 heavy (non-hydrogen) atoms. The van der Waals surface area contributed by atoms with Gasteiger partial charge in [-0.25, -0.2) is 0 Å². The molecule has 3 atom stereocenters. The van der Waals surface area contributed by atoms with Gasteiger partial charge in [0.05, 0.1) is 16.9 Å². The predicted molar refractivity (Wildman–Crippen MR) is 68.8 cm³/mol. The summed E-state index contributed by atoms with van der Waals surface area (Å²) >= 11 is 6.12. The lowest BCUT2D eigenvalue weighted by molar-refractivity contribution is 0.276.